The smallest absolute Gasteiger partial charge is 0.227 e. The van der Waals surface area contributed by atoms with E-state index in [0.717, 1.165) is 38.9 Å². The Labute approximate surface area is 202 Å². The summed E-state index contributed by atoms with van der Waals surface area (Å²) in [4.78, 5) is 5.05. The molecule has 4 aromatic carbocycles. The molecular formula is C32H23N2O+. The lowest BCUT2D eigenvalue weighted by Gasteiger charge is -2.10. The third kappa shape index (κ3) is 2.98. The van der Waals surface area contributed by atoms with E-state index in [9.17, 15) is 0 Å². The van der Waals surface area contributed by atoms with Gasteiger partial charge in [-0.15, -0.1) is 0 Å². The zero-order valence-electron chi connectivity index (χ0n) is 19.6. The minimum Gasteiger partial charge on any atom is -0.437 e. The molecule has 0 unspecified atom stereocenters. The van der Waals surface area contributed by atoms with E-state index in [2.05, 4.69) is 116 Å². The second kappa shape index (κ2) is 7.51. The molecule has 0 aliphatic heterocycles. The number of pyridine rings is 2. The van der Waals surface area contributed by atoms with Gasteiger partial charge < -0.3 is 4.42 Å². The summed E-state index contributed by atoms with van der Waals surface area (Å²) in [6, 6.07) is 34.2. The Kier molecular flexibility index (Phi) is 4.27. The van der Waals surface area contributed by atoms with Gasteiger partial charge >= 0.3 is 0 Å². The Hall–Kier alpha value is -4.50. The molecule has 0 amide bonds. The molecule has 0 N–H and O–H groups in total. The number of hydrogen-bond donors (Lipinski definition) is 0. The van der Waals surface area contributed by atoms with Crippen molar-refractivity contribution in [1.82, 2.24) is 4.98 Å². The van der Waals surface area contributed by atoms with Gasteiger partial charge in [-0.3, -0.25) is 0 Å². The van der Waals surface area contributed by atoms with Crippen LogP contribution in [0.1, 0.15) is 5.56 Å². The van der Waals surface area contributed by atoms with E-state index < -0.39 is 0 Å². The van der Waals surface area contributed by atoms with Crippen LogP contribution >= 0.6 is 0 Å². The highest BCUT2D eigenvalue weighted by atomic mass is 16.3. The predicted molar refractivity (Wildman–Crippen MR) is 143 cm³/mol. The third-order valence-electron chi connectivity index (χ3n) is 7.07. The summed E-state index contributed by atoms with van der Waals surface area (Å²) in [7, 11) is 2.07. The maximum Gasteiger partial charge on any atom is 0.227 e. The molecule has 0 fully saturated rings. The average molecular weight is 452 g/mol. The molecule has 7 aromatic rings. The van der Waals surface area contributed by atoms with E-state index in [1.807, 2.05) is 6.07 Å². The van der Waals surface area contributed by atoms with Crippen molar-refractivity contribution in [3.63, 3.8) is 0 Å². The third-order valence-corrected chi connectivity index (χ3v) is 7.07. The summed E-state index contributed by atoms with van der Waals surface area (Å²) in [5.41, 5.74) is 7.00. The summed E-state index contributed by atoms with van der Waals surface area (Å²) in [6.07, 6.45) is 2.07. The van der Waals surface area contributed by atoms with Crippen LogP contribution in [0.3, 0.4) is 0 Å². The number of benzene rings is 4. The summed E-state index contributed by atoms with van der Waals surface area (Å²) in [5, 5.41) is 7.03. The Bertz CT molecular complexity index is 1930. The normalized spacial score (nSPS) is 11.7. The van der Waals surface area contributed by atoms with Gasteiger partial charge in [0.15, 0.2) is 11.8 Å². The van der Waals surface area contributed by atoms with Crippen molar-refractivity contribution in [2.45, 2.75) is 6.92 Å². The van der Waals surface area contributed by atoms with Crippen LogP contribution in [0, 0.1) is 6.92 Å². The molecule has 3 nitrogen and oxygen atoms in total. The number of furan rings is 1. The lowest BCUT2D eigenvalue weighted by molar-refractivity contribution is -0.660. The molecule has 0 atom stereocenters. The van der Waals surface area contributed by atoms with Gasteiger partial charge in [0.05, 0.1) is 11.3 Å². The lowest BCUT2D eigenvalue weighted by Crippen LogP contribution is -2.30. The van der Waals surface area contributed by atoms with E-state index in [4.69, 9.17) is 9.40 Å². The summed E-state index contributed by atoms with van der Waals surface area (Å²) >= 11 is 0. The van der Waals surface area contributed by atoms with Crippen molar-refractivity contribution >= 4 is 43.6 Å². The summed E-state index contributed by atoms with van der Waals surface area (Å²) < 4.78 is 8.65. The first-order valence-electron chi connectivity index (χ1n) is 11.9. The number of fused-ring (bicyclic) bond motifs is 6. The minimum absolute atomic E-state index is 0.667. The van der Waals surface area contributed by atoms with E-state index >= 15 is 0 Å². The fourth-order valence-corrected chi connectivity index (χ4v) is 5.34. The van der Waals surface area contributed by atoms with Gasteiger partial charge in [-0.2, -0.15) is 0 Å². The topological polar surface area (TPSA) is 29.9 Å². The molecule has 0 saturated heterocycles. The van der Waals surface area contributed by atoms with Crippen molar-refractivity contribution in [2.75, 3.05) is 0 Å². The van der Waals surface area contributed by atoms with E-state index in [-0.39, 0.29) is 0 Å². The molecule has 0 saturated carbocycles. The zero-order valence-corrected chi connectivity index (χ0v) is 19.6. The second-order valence-corrected chi connectivity index (χ2v) is 9.17. The molecule has 0 radical (unpaired) electrons. The molecule has 3 aromatic heterocycles. The predicted octanol–water partition coefficient (Wildman–Crippen LogP) is 7.75. The molecule has 3 heteroatoms. The van der Waals surface area contributed by atoms with Crippen molar-refractivity contribution in [1.29, 1.82) is 0 Å². The molecule has 166 valence electrons. The van der Waals surface area contributed by atoms with Crippen LogP contribution in [-0.2, 0) is 7.05 Å². The van der Waals surface area contributed by atoms with Gasteiger partial charge in [0.25, 0.3) is 0 Å². The van der Waals surface area contributed by atoms with Crippen molar-refractivity contribution in [3.05, 3.63) is 109 Å². The van der Waals surface area contributed by atoms with Crippen molar-refractivity contribution in [2.24, 2.45) is 7.05 Å². The number of aryl methyl sites for hydroxylation is 2. The van der Waals surface area contributed by atoms with Crippen molar-refractivity contribution < 1.29 is 8.98 Å². The van der Waals surface area contributed by atoms with Gasteiger partial charge in [0, 0.05) is 28.5 Å². The maximum atomic E-state index is 6.51. The molecule has 35 heavy (non-hydrogen) atoms. The van der Waals surface area contributed by atoms with Crippen LogP contribution in [0.5, 0.6) is 0 Å². The molecule has 0 aliphatic carbocycles. The van der Waals surface area contributed by atoms with Gasteiger partial charge in [-0.25, -0.2) is 9.55 Å². The zero-order chi connectivity index (χ0) is 23.5. The van der Waals surface area contributed by atoms with Gasteiger partial charge in [-0.1, -0.05) is 60.7 Å². The van der Waals surface area contributed by atoms with Gasteiger partial charge in [0.1, 0.15) is 7.05 Å². The molecular weight excluding hydrogens is 428 g/mol. The SMILES string of the molecule is Cc1ccc2c(oc3nc(-c4cc5ccccc5c5ccccc45)ccc32)c1-c1cccc[n+]1C. The van der Waals surface area contributed by atoms with Crippen LogP contribution in [-0.4, -0.2) is 4.98 Å². The van der Waals surface area contributed by atoms with Crippen LogP contribution in [0.25, 0.3) is 66.1 Å². The monoisotopic (exact) mass is 451 g/mol. The Balaban J connectivity index is 1.51. The lowest BCUT2D eigenvalue weighted by atomic mass is 9.95. The largest absolute Gasteiger partial charge is 0.437 e. The Morgan fingerprint density at radius 1 is 0.686 bits per heavy atom. The molecule has 3 heterocycles. The molecule has 0 spiro atoms. The van der Waals surface area contributed by atoms with Gasteiger partial charge in [0.2, 0.25) is 11.4 Å². The standard InChI is InChI=1S/C32H23N2O/c1-20-14-15-25-26-16-17-28(33-32(26)35-31(25)30(20)29-13-7-8-18-34(29)2)27-19-21-9-3-4-10-22(21)23-11-5-6-12-24(23)27/h3-19H,1-2H3/q+1. The van der Waals surface area contributed by atoms with Gasteiger partial charge in [-0.05, 0) is 58.3 Å². The number of hydrogen-bond acceptors (Lipinski definition) is 2. The quantitative estimate of drug-likeness (QED) is 0.199. The highest BCUT2D eigenvalue weighted by molar-refractivity contribution is 6.14. The molecule has 7 rings (SSSR count). The number of rotatable bonds is 2. The van der Waals surface area contributed by atoms with Crippen molar-refractivity contribution in [3.8, 4) is 22.5 Å². The summed E-state index contributed by atoms with van der Waals surface area (Å²) in [6.45, 7) is 2.13. The first-order valence-corrected chi connectivity index (χ1v) is 11.9. The van der Waals surface area contributed by atoms with Crippen LogP contribution in [0.15, 0.2) is 108 Å². The number of nitrogens with zero attached hydrogens (tertiary/aromatic N) is 2. The number of aromatic nitrogens is 2. The van der Waals surface area contributed by atoms with E-state index in [1.165, 1.54) is 27.1 Å². The highest BCUT2D eigenvalue weighted by Gasteiger charge is 2.21. The minimum atomic E-state index is 0.667. The maximum absolute atomic E-state index is 6.51. The fourth-order valence-electron chi connectivity index (χ4n) is 5.34. The first kappa shape index (κ1) is 19.9. The van der Waals surface area contributed by atoms with Crippen LogP contribution in [0.2, 0.25) is 0 Å². The highest BCUT2D eigenvalue weighted by Crippen LogP contribution is 2.39. The Morgan fingerprint density at radius 3 is 2.29 bits per heavy atom. The first-order chi connectivity index (χ1) is 17.2. The average Bonchev–Trinajstić information content (AvgIpc) is 3.26. The molecule has 0 bridgehead atoms. The Morgan fingerprint density at radius 2 is 1.43 bits per heavy atom. The van der Waals surface area contributed by atoms with E-state index in [0.29, 0.717) is 5.71 Å². The second-order valence-electron chi connectivity index (χ2n) is 9.17. The van der Waals surface area contributed by atoms with Crippen LogP contribution < -0.4 is 4.57 Å². The fraction of sp³-hybridized carbons (Fsp3) is 0.0625. The summed E-state index contributed by atoms with van der Waals surface area (Å²) in [5.74, 6) is 0. The van der Waals surface area contributed by atoms with Crippen LogP contribution in [0.4, 0.5) is 0 Å². The molecule has 0 aliphatic rings. The van der Waals surface area contributed by atoms with E-state index in [1.54, 1.807) is 0 Å².